The molecule has 1 amide bonds. The number of unbranched alkanes of at least 4 members (excludes halogenated alkanes) is 23. The van der Waals surface area contributed by atoms with Gasteiger partial charge >= 0.3 is 0 Å². The summed E-state index contributed by atoms with van der Waals surface area (Å²) in [5.74, 6) is -0.204. The lowest BCUT2D eigenvalue weighted by molar-refractivity contribution is -0.870. The summed E-state index contributed by atoms with van der Waals surface area (Å²) in [5.41, 5.74) is 0. The summed E-state index contributed by atoms with van der Waals surface area (Å²) in [6.07, 6.45) is 77.4. The van der Waals surface area contributed by atoms with E-state index in [1.54, 1.807) is 6.08 Å². The van der Waals surface area contributed by atoms with Gasteiger partial charge in [-0.25, -0.2) is 0 Å². The Hall–Kier alpha value is -2.84. The van der Waals surface area contributed by atoms with Crippen LogP contribution in [0.5, 0.6) is 0 Å². The van der Waals surface area contributed by atoms with Crippen LogP contribution in [-0.4, -0.2) is 68.5 Å². The normalized spacial score (nSPS) is 14.7. The van der Waals surface area contributed by atoms with Gasteiger partial charge in [0.25, 0.3) is 7.82 Å². The van der Waals surface area contributed by atoms with Gasteiger partial charge in [0.05, 0.1) is 39.9 Å². The fourth-order valence-electron chi connectivity index (χ4n) is 7.93. The number of carbonyl (C=O) groups excluding carboxylic acids is 1. The molecule has 0 bridgehead atoms. The first kappa shape index (κ1) is 69.2. The average Bonchev–Trinajstić information content (AvgIpc) is 3.34. The van der Waals surface area contributed by atoms with E-state index in [2.05, 4.69) is 116 Å². The Morgan fingerprint density at radius 2 is 0.847 bits per heavy atom. The van der Waals surface area contributed by atoms with Crippen LogP contribution in [0.15, 0.2) is 109 Å². The summed E-state index contributed by atoms with van der Waals surface area (Å²) in [7, 11) is 1.25. The molecule has 0 aliphatic rings. The predicted molar refractivity (Wildman–Crippen MR) is 311 cm³/mol. The van der Waals surface area contributed by atoms with Crippen molar-refractivity contribution in [3.8, 4) is 0 Å². The summed E-state index contributed by atoms with van der Waals surface area (Å²) >= 11 is 0. The number of hydrogen-bond acceptors (Lipinski definition) is 6. The largest absolute Gasteiger partial charge is 0.756 e. The van der Waals surface area contributed by atoms with Gasteiger partial charge in [-0.2, -0.15) is 0 Å². The number of amides is 1. The lowest BCUT2D eigenvalue weighted by atomic mass is 10.0. The minimum absolute atomic E-state index is 0.00542. The minimum Gasteiger partial charge on any atom is -0.756 e. The lowest BCUT2D eigenvalue weighted by Crippen LogP contribution is -2.45. The molecule has 3 unspecified atom stereocenters. The molecule has 0 aromatic carbocycles. The molecule has 0 saturated carbocycles. The molecule has 2 N–H and O–H groups in total. The Morgan fingerprint density at radius 3 is 1.24 bits per heavy atom. The number of hydrogen-bond donors (Lipinski definition) is 2. The molecule has 0 radical (unpaired) electrons. The summed E-state index contributed by atoms with van der Waals surface area (Å²) in [6.45, 7) is 4.52. The number of carbonyl (C=O) groups is 1. The van der Waals surface area contributed by atoms with Crippen LogP contribution in [0.4, 0.5) is 0 Å². The van der Waals surface area contributed by atoms with Crippen molar-refractivity contribution in [2.75, 3.05) is 40.9 Å². The fraction of sp³-hybridized carbons (Fsp3) is 0.698. The molecule has 8 nitrogen and oxygen atoms in total. The zero-order valence-electron chi connectivity index (χ0n) is 47.1. The number of aliphatic hydroxyl groups excluding tert-OH is 1. The van der Waals surface area contributed by atoms with E-state index >= 15 is 0 Å². The van der Waals surface area contributed by atoms with Crippen LogP contribution in [0, 0.1) is 0 Å². The van der Waals surface area contributed by atoms with Crippen LogP contribution in [-0.2, 0) is 18.4 Å². The van der Waals surface area contributed by atoms with E-state index in [4.69, 9.17) is 9.05 Å². The summed E-state index contributed by atoms with van der Waals surface area (Å²) in [6, 6.07) is -0.893. The van der Waals surface area contributed by atoms with Crippen molar-refractivity contribution in [2.45, 2.75) is 244 Å². The van der Waals surface area contributed by atoms with Crippen molar-refractivity contribution < 1.29 is 32.9 Å². The number of phosphoric acid groups is 1. The number of nitrogens with zero attached hydrogens (tertiary/aromatic N) is 1. The van der Waals surface area contributed by atoms with Gasteiger partial charge in [-0.15, -0.1) is 0 Å². The third kappa shape index (κ3) is 54.9. The number of quaternary nitrogens is 1. The van der Waals surface area contributed by atoms with E-state index in [9.17, 15) is 19.4 Å². The van der Waals surface area contributed by atoms with Gasteiger partial charge in [0.15, 0.2) is 0 Å². The molecule has 9 heteroatoms. The average molecular weight is 1020 g/mol. The SMILES string of the molecule is CC/C=C\C/C=C\C/C=C\C/C=C\C/C=C\C/C=C\C/C=C\C/C=C\CCCCCCCCCCCCCCC(=O)NC(COP(=O)([O-])OCC[N+](C)(C)C)C(O)/C=C/CCCCCCCCCCCCC. The fourth-order valence-corrected chi connectivity index (χ4v) is 8.66. The zero-order valence-corrected chi connectivity index (χ0v) is 48.0. The second kappa shape index (κ2) is 53.0. The molecule has 0 aromatic rings. The molecule has 0 rings (SSSR count). The molecule has 0 aliphatic carbocycles. The number of rotatable bonds is 52. The van der Waals surface area contributed by atoms with Gasteiger partial charge in [0.2, 0.25) is 5.91 Å². The molecular formula is C63H111N2O6P. The first-order valence-electron chi connectivity index (χ1n) is 29.2. The Kier molecular flexibility index (Phi) is 50.9. The topological polar surface area (TPSA) is 108 Å². The maximum atomic E-state index is 12.9. The van der Waals surface area contributed by atoms with Gasteiger partial charge in [0.1, 0.15) is 13.2 Å². The number of phosphoric ester groups is 1. The summed E-state index contributed by atoms with van der Waals surface area (Å²) < 4.78 is 23.3. The lowest BCUT2D eigenvalue weighted by Gasteiger charge is -2.29. The smallest absolute Gasteiger partial charge is 0.268 e. The molecule has 0 spiro atoms. The van der Waals surface area contributed by atoms with Gasteiger partial charge in [-0.05, 0) is 83.5 Å². The first-order chi connectivity index (χ1) is 35.0. The molecule has 0 aliphatic heterocycles. The highest BCUT2D eigenvalue weighted by atomic mass is 31.2. The van der Waals surface area contributed by atoms with E-state index in [0.717, 1.165) is 89.9 Å². The molecule has 0 saturated heterocycles. The Labute approximate surface area is 444 Å². The maximum absolute atomic E-state index is 12.9. The van der Waals surface area contributed by atoms with Gasteiger partial charge in [0, 0.05) is 6.42 Å². The van der Waals surface area contributed by atoms with E-state index < -0.39 is 20.0 Å². The van der Waals surface area contributed by atoms with E-state index in [1.807, 2.05) is 27.2 Å². The summed E-state index contributed by atoms with van der Waals surface area (Å²) in [5, 5.41) is 13.8. The van der Waals surface area contributed by atoms with Crippen LogP contribution in [0.3, 0.4) is 0 Å². The molecule has 3 atom stereocenters. The van der Waals surface area contributed by atoms with Crippen molar-refractivity contribution in [3.05, 3.63) is 109 Å². The number of allylic oxidation sites excluding steroid dienone is 17. The molecule has 72 heavy (non-hydrogen) atoms. The second-order valence-corrected chi connectivity index (χ2v) is 22.0. The molecular weight excluding hydrogens is 912 g/mol. The van der Waals surface area contributed by atoms with Gasteiger partial charge in [-0.1, -0.05) is 252 Å². The third-order valence-corrected chi connectivity index (χ3v) is 13.5. The Bertz CT molecular complexity index is 1540. The Morgan fingerprint density at radius 1 is 0.500 bits per heavy atom. The second-order valence-electron chi connectivity index (χ2n) is 20.6. The van der Waals surface area contributed by atoms with Crippen LogP contribution in [0.1, 0.15) is 232 Å². The van der Waals surface area contributed by atoms with Crippen molar-refractivity contribution in [2.24, 2.45) is 0 Å². The zero-order chi connectivity index (χ0) is 52.7. The molecule has 0 heterocycles. The van der Waals surface area contributed by atoms with Crippen LogP contribution >= 0.6 is 7.82 Å². The van der Waals surface area contributed by atoms with Crippen LogP contribution in [0.2, 0.25) is 0 Å². The van der Waals surface area contributed by atoms with Gasteiger partial charge in [-0.3, -0.25) is 9.36 Å². The number of nitrogens with one attached hydrogen (secondary N) is 1. The van der Waals surface area contributed by atoms with E-state index in [1.165, 1.54) is 122 Å². The van der Waals surface area contributed by atoms with Gasteiger partial charge < -0.3 is 28.8 Å². The highest BCUT2D eigenvalue weighted by molar-refractivity contribution is 7.45. The standard InChI is InChI=1S/C63H111N2O6P/c1-6-8-10-12-14-16-18-20-21-22-23-24-25-26-27-28-29-30-31-32-33-34-35-36-37-38-39-40-41-42-43-45-47-49-51-53-55-57-63(67)64-61(60-71-72(68,69)70-59-58-65(3,4)5)62(66)56-54-52-50-48-46-44-19-17-15-13-11-9-7-2/h8,10,14,16,20-21,23-24,26-27,29-30,32-33,35-36,54,56,61-62,66H,6-7,9,11-13,15,17-19,22,25,28,31,34,37-53,55,57-60H2,1-5H3,(H-,64,67,68,69)/b10-8-,16-14-,21-20-,24-23-,27-26-,30-29-,33-32-,36-35-,56-54+. The third-order valence-electron chi connectivity index (χ3n) is 12.5. The monoisotopic (exact) mass is 1020 g/mol. The van der Waals surface area contributed by atoms with Crippen molar-refractivity contribution in [1.29, 1.82) is 0 Å². The minimum atomic E-state index is -4.60. The quantitative estimate of drug-likeness (QED) is 0.0272. The number of aliphatic hydroxyl groups is 1. The molecule has 0 fully saturated rings. The van der Waals surface area contributed by atoms with Crippen LogP contribution in [0.25, 0.3) is 0 Å². The predicted octanol–water partition coefficient (Wildman–Crippen LogP) is 17.3. The molecule has 414 valence electrons. The van der Waals surface area contributed by atoms with E-state index in [-0.39, 0.29) is 19.1 Å². The highest BCUT2D eigenvalue weighted by Crippen LogP contribution is 2.38. The first-order valence-corrected chi connectivity index (χ1v) is 30.7. The van der Waals surface area contributed by atoms with Crippen molar-refractivity contribution >= 4 is 13.7 Å². The maximum Gasteiger partial charge on any atom is 0.268 e. The molecule has 0 aromatic heterocycles. The van der Waals surface area contributed by atoms with E-state index in [0.29, 0.717) is 17.4 Å². The van der Waals surface area contributed by atoms with Crippen LogP contribution < -0.4 is 10.2 Å². The van der Waals surface area contributed by atoms with Crippen molar-refractivity contribution in [3.63, 3.8) is 0 Å². The highest BCUT2D eigenvalue weighted by Gasteiger charge is 2.23. The number of likely N-dealkylation sites (N-methyl/N-ethyl adjacent to an activating group) is 1. The Balaban J connectivity index is 4.08. The summed E-state index contributed by atoms with van der Waals surface area (Å²) in [4.78, 5) is 25.4. The van der Waals surface area contributed by atoms with Crippen molar-refractivity contribution in [1.82, 2.24) is 5.32 Å².